The van der Waals surface area contributed by atoms with Crippen LogP contribution in [0.1, 0.15) is 37.6 Å². The Bertz CT molecular complexity index is 932. The molecule has 7 heteroatoms. The van der Waals surface area contributed by atoms with Gasteiger partial charge < -0.3 is 14.4 Å². The zero-order valence-electron chi connectivity index (χ0n) is 17.1. The molecule has 28 heavy (non-hydrogen) atoms. The lowest BCUT2D eigenvalue weighted by atomic mass is 10.1. The van der Waals surface area contributed by atoms with Crippen LogP contribution < -0.4 is 0 Å². The first-order chi connectivity index (χ1) is 13.4. The Morgan fingerprint density at radius 2 is 1.86 bits per heavy atom. The predicted molar refractivity (Wildman–Crippen MR) is 113 cm³/mol. The molecule has 3 rings (SSSR count). The number of hydrogen-bond donors (Lipinski definition) is 0. The molecule has 1 fully saturated rings. The Morgan fingerprint density at radius 3 is 2.46 bits per heavy atom. The number of carbonyl (C=O) groups is 1. The third kappa shape index (κ3) is 4.25. The fourth-order valence-corrected chi connectivity index (χ4v) is 5.82. The topological polar surface area (TPSA) is 62.6 Å². The van der Waals surface area contributed by atoms with Gasteiger partial charge in [0.1, 0.15) is 0 Å². The Balaban J connectivity index is 1.94. The molecule has 6 nitrogen and oxygen atoms in total. The molecule has 1 aliphatic heterocycles. The van der Waals surface area contributed by atoms with Crippen LogP contribution in [0.2, 0.25) is 0 Å². The molecule has 2 aromatic rings. The minimum Gasteiger partial charge on any atom is -0.347 e. The van der Waals surface area contributed by atoms with E-state index in [0.717, 1.165) is 37.1 Å². The van der Waals surface area contributed by atoms with Gasteiger partial charge in [0.25, 0.3) is 5.91 Å². The van der Waals surface area contributed by atoms with Crippen molar-refractivity contribution in [1.82, 2.24) is 14.4 Å². The van der Waals surface area contributed by atoms with Crippen molar-refractivity contribution in [2.75, 3.05) is 37.7 Å². The lowest BCUT2D eigenvalue weighted by Gasteiger charge is -2.30. The fraction of sp³-hybridized carbons (Fsp3) is 0.571. The molecule has 0 radical (unpaired) electrons. The van der Waals surface area contributed by atoms with Gasteiger partial charge >= 0.3 is 0 Å². The Kier molecular flexibility index (Phi) is 6.45. The van der Waals surface area contributed by atoms with Crippen molar-refractivity contribution in [1.29, 1.82) is 0 Å². The molecule has 1 aromatic carbocycles. The lowest BCUT2D eigenvalue weighted by molar-refractivity contribution is 0.0676. The maximum Gasteiger partial charge on any atom is 0.256 e. The van der Waals surface area contributed by atoms with E-state index in [9.17, 15) is 13.2 Å². The van der Waals surface area contributed by atoms with Gasteiger partial charge in [-0.2, -0.15) is 0 Å². The number of sulfone groups is 1. The zero-order chi connectivity index (χ0) is 20.3. The summed E-state index contributed by atoms with van der Waals surface area (Å²) >= 11 is 0. The van der Waals surface area contributed by atoms with Crippen LogP contribution in [0.5, 0.6) is 0 Å². The Morgan fingerprint density at radius 1 is 1.14 bits per heavy atom. The zero-order valence-corrected chi connectivity index (χ0v) is 17.9. The summed E-state index contributed by atoms with van der Waals surface area (Å²) in [6.45, 7) is 10.2. The minimum absolute atomic E-state index is 0.0577. The van der Waals surface area contributed by atoms with Crippen LogP contribution in [0.4, 0.5) is 0 Å². The van der Waals surface area contributed by atoms with E-state index in [2.05, 4.69) is 30.2 Å². The largest absolute Gasteiger partial charge is 0.347 e. The quantitative estimate of drug-likeness (QED) is 0.677. The number of amides is 1. The van der Waals surface area contributed by atoms with Crippen LogP contribution in [0.15, 0.2) is 30.5 Å². The van der Waals surface area contributed by atoms with Gasteiger partial charge in [0, 0.05) is 42.8 Å². The number of hydrogen-bond acceptors (Lipinski definition) is 4. The summed E-state index contributed by atoms with van der Waals surface area (Å²) in [5, 5.41) is 0.933. The number of benzene rings is 1. The summed E-state index contributed by atoms with van der Waals surface area (Å²) < 4.78 is 26.2. The highest BCUT2D eigenvalue weighted by Gasteiger charge is 2.35. The van der Waals surface area contributed by atoms with Crippen molar-refractivity contribution in [2.24, 2.45) is 0 Å². The van der Waals surface area contributed by atoms with Crippen molar-refractivity contribution in [2.45, 2.75) is 39.8 Å². The first-order valence-corrected chi connectivity index (χ1v) is 12.0. The van der Waals surface area contributed by atoms with Crippen molar-refractivity contribution < 1.29 is 13.2 Å². The van der Waals surface area contributed by atoms with Gasteiger partial charge in [-0.15, -0.1) is 0 Å². The van der Waals surface area contributed by atoms with Crippen LogP contribution in [0, 0.1) is 0 Å². The average molecular weight is 406 g/mol. The number of likely N-dealkylation sites (N-methyl/N-ethyl adjacent to an activating group) is 1. The molecule has 0 saturated carbocycles. The van der Waals surface area contributed by atoms with Crippen LogP contribution in [0.25, 0.3) is 10.9 Å². The number of aromatic nitrogens is 1. The molecule has 1 saturated heterocycles. The summed E-state index contributed by atoms with van der Waals surface area (Å²) in [4.78, 5) is 17.6. The van der Waals surface area contributed by atoms with E-state index in [1.165, 1.54) is 0 Å². The van der Waals surface area contributed by atoms with Crippen molar-refractivity contribution in [3.05, 3.63) is 36.0 Å². The SMILES string of the molecule is CCN(CC)CCN(C(=O)c1cn(CC)c2ccccc12)C1CCS(=O)(=O)C1. The maximum absolute atomic E-state index is 13.6. The van der Waals surface area contributed by atoms with Gasteiger partial charge in [0.2, 0.25) is 0 Å². The summed E-state index contributed by atoms with van der Waals surface area (Å²) in [6.07, 6.45) is 2.44. The Labute approximate surface area is 168 Å². The third-order valence-corrected chi connectivity index (χ3v) is 7.57. The second-order valence-electron chi connectivity index (χ2n) is 7.43. The summed E-state index contributed by atoms with van der Waals surface area (Å²) in [7, 11) is -3.06. The smallest absolute Gasteiger partial charge is 0.256 e. The highest BCUT2D eigenvalue weighted by molar-refractivity contribution is 7.91. The summed E-state index contributed by atoms with van der Waals surface area (Å²) in [6, 6.07) is 7.68. The van der Waals surface area contributed by atoms with Crippen LogP contribution in [-0.2, 0) is 16.4 Å². The first kappa shape index (κ1) is 20.9. The van der Waals surface area contributed by atoms with Gasteiger partial charge in [0.15, 0.2) is 9.84 Å². The number of carbonyl (C=O) groups excluding carboxylic acids is 1. The molecule has 1 aliphatic rings. The normalized spacial score (nSPS) is 18.8. The number of rotatable bonds is 8. The fourth-order valence-electron chi connectivity index (χ4n) is 4.09. The van der Waals surface area contributed by atoms with Gasteiger partial charge in [-0.1, -0.05) is 32.0 Å². The van der Waals surface area contributed by atoms with E-state index >= 15 is 0 Å². The average Bonchev–Trinajstić information content (AvgIpc) is 3.24. The lowest BCUT2D eigenvalue weighted by Crippen LogP contribution is -2.45. The first-order valence-electron chi connectivity index (χ1n) is 10.2. The van der Waals surface area contributed by atoms with Crippen molar-refractivity contribution in [3.8, 4) is 0 Å². The molecule has 0 bridgehead atoms. The molecule has 1 unspecified atom stereocenters. The molecule has 1 aromatic heterocycles. The molecule has 1 atom stereocenters. The van der Waals surface area contributed by atoms with E-state index in [1.54, 1.807) is 0 Å². The summed E-state index contributed by atoms with van der Waals surface area (Å²) in [5.74, 6) is 0.185. The minimum atomic E-state index is -3.06. The second-order valence-corrected chi connectivity index (χ2v) is 9.66. The number of aryl methyl sites for hydroxylation is 1. The van der Waals surface area contributed by atoms with E-state index in [0.29, 0.717) is 18.5 Å². The molecule has 2 heterocycles. The second kappa shape index (κ2) is 8.66. The molecule has 0 N–H and O–H groups in total. The number of nitrogens with zero attached hydrogens (tertiary/aromatic N) is 3. The van der Waals surface area contributed by atoms with Gasteiger partial charge in [-0.25, -0.2) is 8.42 Å². The molecule has 1 amide bonds. The van der Waals surface area contributed by atoms with Crippen LogP contribution in [0.3, 0.4) is 0 Å². The third-order valence-electron chi connectivity index (χ3n) is 5.82. The van der Waals surface area contributed by atoms with Crippen molar-refractivity contribution in [3.63, 3.8) is 0 Å². The standard InChI is InChI=1S/C21H31N3O3S/c1-4-22(5-2)12-13-24(17-11-14-28(26,27)16-17)21(25)19-15-23(6-3)20-10-8-7-9-18(19)20/h7-10,15,17H,4-6,11-14,16H2,1-3H3. The van der Waals surface area contributed by atoms with E-state index in [4.69, 9.17) is 0 Å². The predicted octanol–water partition coefficient (Wildman–Crippen LogP) is 2.63. The van der Waals surface area contributed by atoms with Crippen LogP contribution in [-0.4, -0.2) is 72.4 Å². The highest BCUT2D eigenvalue weighted by Crippen LogP contribution is 2.26. The highest BCUT2D eigenvalue weighted by atomic mass is 32.2. The molecular formula is C21H31N3O3S. The molecule has 0 aliphatic carbocycles. The van der Waals surface area contributed by atoms with Crippen molar-refractivity contribution >= 4 is 26.6 Å². The van der Waals surface area contributed by atoms with Gasteiger partial charge in [-0.05, 0) is 32.5 Å². The molecule has 154 valence electrons. The van der Waals surface area contributed by atoms with Crippen LogP contribution >= 0.6 is 0 Å². The van der Waals surface area contributed by atoms with Gasteiger partial charge in [-0.3, -0.25) is 4.79 Å². The van der Waals surface area contributed by atoms with Gasteiger partial charge in [0.05, 0.1) is 17.1 Å². The van der Waals surface area contributed by atoms with E-state index < -0.39 is 9.84 Å². The molecular weight excluding hydrogens is 374 g/mol. The van der Waals surface area contributed by atoms with E-state index in [1.807, 2.05) is 35.4 Å². The molecule has 0 spiro atoms. The maximum atomic E-state index is 13.6. The number of fused-ring (bicyclic) bond motifs is 1. The summed E-state index contributed by atoms with van der Waals surface area (Å²) in [5.41, 5.74) is 1.71. The van der Waals surface area contributed by atoms with E-state index in [-0.39, 0.29) is 23.5 Å². The monoisotopic (exact) mass is 405 g/mol. The Hall–Kier alpha value is -1.86. The number of para-hydroxylation sites is 1.